The standard InChI is InChI=1S/C30H20ClF3N6O/c31-23-9-7-20(8-10-23)27-35-12-14-40(27)29-28-36-11-13-39(28)18-25(38-29)21-4-2-6-24(17-21)37-26(41)16-19-3-1-5-22(15-19)30(32,33)34/h1-15,17-18H,16H2,(H,37,41). The molecule has 3 aromatic carbocycles. The van der Waals surface area contributed by atoms with Gasteiger partial charge in [-0.1, -0.05) is 41.9 Å². The van der Waals surface area contributed by atoms with E-state index in [1.165, 1.54) is 12.1 Å². The number of nitrogens with zero attached hydrogens (tertiary/aromatic N) is 5. The highest BCUT2D eigenvalue weighted by Crippen LogP contribution is 2.30. The molecule has 11 heteroatoms. The highest BCUT2D eigenvalue weighted by molar-refractivity contribution is 6.30. The first-order valence-electron chi connectivity index (χ1n) is 12.4. The zero-order valence-electron chi connectivity index (χ0n) is 21.2. The van der Waals surface area contributed by atoms with E-state index in [0.717, 1.165) is 17.7 Å². The number of amides is 1. The molecule has 0 saturated carbocycles. The second kappa shape index (κ2) is 10.5. The van der Waals surface area contributed by atoms with Crippen LogP contribution >= 0.6 is 11.6 Å². The van der Waals surface area contributed by atoms with E-state index < -0.39 is 17.6 Å². The molecular weight excluding hydrogens is 553 g/mol. The smallest absolute Gasteiger partial charge is 0.326 e. The molecule has 0 spiro atoms. The molecule has 0 saturated heterocycles. The van der Waals surface area contributed by atoms with Crippen LogP contribution in [0.4, 0.5) is 18.9 Å². The Morgan fingerprint density at radius 1 is 0.902 bits per heavy atom. The maximum atomic E-state index is 13.1. The summed E-state index contributed by atoms with van der Waals surface area (Å²) in [5.41, 5.74) is 2.75. The van der Waals surface area contributed by atoms with Crippen molar-refractivity contribution in [2.75, 3.05) is 5.32 Å². The third kappa shape index (κ3) is 5.55. The van der Waals surface area contributed by atoms with Gasteiger partial charge in [-0.15, -0.1) is 0 Å². The Balaban J connectivity index is 1.30. The van der Waals surface area contributed by atoms with E-state index in [4.69, 9.17) is 16.6 Å². The number of carbonyl (C=O) groups excluding carboxylic acids is 1. The van der Waals surface area contributed by atoms with Crippen molar-refractivity contribution in [3.8, 4) is 28.5 Å². The number of halogens is 4. The predicted octanol–water partition coefficient (Wildman–Crippen LogP) is 7.10. The van der Waals surface area contributed by atoms with Gasteiger partial charge in [-0.05, 0) is 48.0 Å². The summed E-state index contributed by atoms with van der Waals surface area (Å²) in [7, 11) is 0. The van der Waals surface area contributed by atoms with Crippen LogP contribution in [0.1, 0.15) is 11.1 Å². The van der Waals surface area contributed by atoms with Crippen molar-refractivity contribution in [3.05, 3.63) is 120 Å². The maximum Gasteiger partial charge on any atom is 0.416 e. The molecule has 0 unspecified atom stereocenters. The quantitative estimate of drug-likeness (QED) is 0.231. The molecule has 1 N–H and O–H groups in total. The second-order valence-corrected chi connectivity index (χ2v) is 9.68. The van der Waals surface area contributed by atoms with Crippen LogP contribution in [0, 0.1) is 0 Å². The Bertz CT molecular complexity index is 1880. The Hall–Kier alpha value is -4.96. The Kier molecular flexibility index (Phi) is 6.76. The van der Waals surface area contributed by atoms with Crippen LogP contribution in [0.5, 0.6) is 0 Å². The third-order valence-electron chi connectivity index (χ3n) is 6.39. The zero-order chi connectivity index (χ0) is 28.6. The zero-order valence-corrected chi connectivity index (χ0v) is 21.9. The van der Waals surface area contributed by atoms with Gasteiger partial charge in [0.25, 0.3) is 0 Å². The van der Waals surface area contributed by atoms with Crippen LogP contribution in [0.15, 0.2) is 104 Å². The average molecular weight is 573 g/mol. The molecule has 0 aliphatic carbocycles. The monoisotopic (exact) mass is 572 g/mol. The van der Waals surface area contributed by atoms with Crippen molar-refractivity contribution >= 4 is 28.8 Å². The molecule has 6 rings (SSSR count). The number of imidazole rings is 2. The van der Waals surface area contributed by atoms with E-state index in [1.54, 1.807) is 48.9 Å². The number of carbonyl (C=O) groups is 1. The lowest BCUT2D eigenvalue weighted by atomic mass is 10.1. The van der Waals surface area contributed by atoms with E-state index >= 15 is 0 Å². The average Bonchev–Trinajstić information content (AvgIpc) is 3.63. The van der Waals surface area contributed by atoms with Gasteiger partial charge in [0.1, 0.15) is 5.82 Å². The van der Waals surface area contributed by atoms with Crippen LogP contribution in [-0.4, -0.2) is 29.8 Å². The van der Waals surface area contributed by atoms with Gasteiger partial charge in [0.15, 0.2) is 11.5 Å². The van der Waals surface area contributed by atoms with Crippen LogP contribution in [0.25, 0.3) is 34.1 Å². The molecule has 0 bridgehead atoms. The molecule has 0 radical (unpaired) electrons. The number of rotatable bonds is 6. The second-order valence-electron chi connectivity index (χ2n) is 9.24. The first-order chi connectivity index (χ1) is 19.7. The lowest BCUT2D eigenvalue weighted by Gasteiger charge is -2.12. The molecule has 3 heterocycles. The first-order valence-corrected chi connectivity index (χ1v) is 12.8. The number of hydrogen-bond acceptors (Lipinski definition) is 4. The normalized spacial score (nSPS) is 11.6. The lowest BCUT2D eigenvalue weighted by molar-refractivity contribution is -0.137. The van der Waals surface area contributed by atoms with Crippen LogP contribution in [-0.2, 0) is 17.4 Å². The summed E-state index contributed by atoms with van der Waals surface area (Å²) in [5.74, 6) is 0.770. The number of anilines is 1. The van der Waals surface area contributed by atoms with Gasteiger partial charge in [-0.3, -0.25) is 9.36 Å². The van der Waals surface area contributed by atoms with Gasteiger partial charge in [0, 0.05) is 52.8 Å². The molecule has 204 valence electrons. The Morgan fingerprint density at radius 3 is 2.49 bits per heavy atom. The topological polar surface area (TPSA) is 77.1 Å². The number of benzene rings is 3. The highest BCUT2D eigenvalue weighted by Gasteiger charge is 2.30. The largest absolute Gasteiger partial charge is 0.416 e. The molecule has 7 nitrogen and oxygen atoms in total. The van der Waals surface area contributed by atoms with E-state index in [2.05, 4.69) is 15.3 Å². The molecule has 6 aromatic rings. The van der Waals surface area contributed by atoms with E-state index in [1.807, 2.05) is 39.6 Å². The number of hydrogen-bond donors (Lipinski definition) is 1. The van der Waals surface area contributed by atoms with Crippen molar-refractivity contribution < 1.29 is 18.0 Å². The maximum absolute atomic E-state index is 13.1. The number of fused-ring (bicyclic) bond motifs is 1. The number of alkyl halides is 3. The molecule has 0 fully saturated rings. The molecular formula is C30H20ClF3N6O. The van der Waals surface area contributed by atoms with Gasteiger partial charge < -0.3 is 9.72 Å². The molecule has 1 amide bonds. The number of nitrogens with one attached hydrogen (secondary N) is 1. The van der Waals surface area contributed by atoms with Crippen molar-refractivity contribution in [2.24, 2.45) is 0 Å². The molecule has 0 atom stereocenters. The van der Waals surface area contributed by atoms with Gasteiger partial charge in [-0.2, -0.15) is 13.2 Å². The SMILES string of the molecule is O=C(Cc1cccc(C(F)(F)F)c1)Nc1cccc(-c2cn3ccnc3c(-n3ccnc3-c3ccc(Cl)cc3)n2)c1. The fourth-order valence-corrected chi connectivity index (χ4v) is 4.63. The Labute approximate surface area is 236 Å². The van der Waals surface area contributed by atoms with Crippen molar-refractivity contribution in [2.45, 2.75) is 12.6 Å². The first kappa shape index (κ1) is 26.3. The lowest BCUT2D eigenvalue weighted by Crippen LogP contribution is -2.15. The minimum absolute atomic E-state index is 0.203. The fourth-order valence-electron chi connectivity index (χ4n) is 4.51. The summed E-state index contributed by atoms with van der Waals surface area (Å²) in [6.45, 7) is 0. The summed E-state index contributed by atoms with van der Waals surface area (Å²) >= 11 is 6.07. The van der Waals surface area contributed by atoms with E-state index in [-0.39, 0.29) is 12.0 Å². The minimum atomic E-state index is -4.48. The van der Waals surface area contributed by atoms with Gasteiger partial charge >= 0.3 is 6.18 Å². The minimum Gasteiger partial charge on any atom is -0.326 e. The van der Waals surface area contributed by atoms with Crippen molar-refractivity contribution in [3.63, 3.8) is 0 Å². The summed E-state index contributed by atoms with van der Waals surface area (Å²) in [5, 5.41) is 3.39. The molecule has 0 aliphatic rings. The Morgan fingerprint density at radius 2 is 1.68 bits per heavy atom. The van der Waals surface area contributed by atoms with Gasteiger partial charge in [-0.25, -0.2) is 15.0 Å². The molecule has 3 aromatic heterocycles. The highest BCUT2D eigenvalue weighted by atomic mass is 35.5. The summed E-state index contributed by atoms with van der Waals surface area (Å²) in [4.78, 5) is 26.6. The third-order valence-corrected chi connectivity index (χ3v) is 6.64. The molecule has 0 aliphatic heterocycles. The predicted molar refractivity (Wildman–Crippen MR) is 150 cm³/mol. The van der Waals surface area contributed by atoms with Crippen LogP contribution < -0.4 is 5.32 Å². The summed E-state index contributed by atoms with van der Waals surface area (Å²) < 4.78 is 42.9. The summed E-state index contributed by atoms with van der Waals surface area (Å²) in [6, 6.07) is 19.2. The fraction of sp³-hybridized carbons (Fsp3) is 0.0667. The van der Waals surface area contributed by atoms with Crippen LogP contribution in [0.2, 0.25) is 5.02 Å². The van der Waals surface area contributed by atoms with Crippen molar-refractivity contribution in [1.29, 1.82) is 0 Å². The van der Waals surface area contributed by atoms with Gasteiger partial charge in [0.05, 0.1) is 17.7 Å². The van der Waals surface area contributed by atoms with Crippen LogP contribution in [0.3, 0.4) is 0 Å². The van der Waals surface area contributed by atoms with Crippen molar-refractivity contribution in [1.82, 2.24) is 23.9 Å². The summed E-state index contributed by atoms with van der Waals surface area (Å²) in [6.07, 6.45) is 4.11. The van der Waals surface area contributed by atoms with Gasteiger partial charge in [0.2, 0.25) is 5.91 Å². The van der Waals surface area contributed by atoms with E-state index in [0.29, 0.717) is 39.3 Å². The number of aromatic nitrogens is 5. The van der Waals surface area contributed by atoms with E-state index in [9.17, 15) is 18.0 Å². The molecule has 41 heavy (non-hydrogen) atoms.